The highest BCUT2D eigenvalue weighted by atomic mass is 32.2. The van der Waals surface area contributed by atoms with Gasteiger partial charge in [0.15, 0.2) is 0 Å². The highest BCUT2D eigenvalue weighted by Gasteiger charge is 2.03. The highest BCUT2D eigenvalue weighted by Crippen LogP contribution is 2.15. The maximum absolute atomic E-state index is 10.6. The number of aryl methyl sites for hydroxylation is 1. The molecule has 1 aromatic carbocycles. The van der Waals surface area contributed by atoms with Crippen molar-refractivity contribution in [3.63, 3.8) is 0 Å². The molecule has 7 heteroatoms. The lowest BCUT2D eigenvalue weighted by molar-refractivity contribution is 0.0366. The van der Waals surface area contributed by atoms with Crippen molar-refractivity contribution >= 4 is 10.1 Å². The fraction of sp³-hybridized carbons (Fsp3) is 0.760. The van der Waals surface area contributed by atoms with Crippen LogP contribution < -0.4 is 4.74 Å². The Morgan fingerprint density at radius 2 is 1.22 bits per heavy atom. The minimum atomic E-state index is -3.90. The van der Waals surface area contributed by atoms with Crippen molar-refractivity contribution in [3.8, 4) is 5.75 Å². The Bertz CT molecular complexity index is 645. The summed E-state index contributed by atoms with van der Waals surface area (Å²) in [4.78, 5) is 0. The first-order valence-electron chi connectivity index (χ1n) is 12.3. The van der Waals surface area contributed by atoms with E-state index in [0.717, 1.165) is 12.2 Å². The molecular formula is C25H44O6S. The quantitative estimate of drug-likeness (QED) is 0.169. The maximum Gasteiger partial charge on any atom is 0.264 e. The number of hydrogen-bond donors (Lipinski definition) is 1. The van der Waals surface area contributed by atoms with Gasteiger partial charge in [0.05, 0.1) is 25.6 Å². The van der Waals surface area contributed by atoms with E-state index in [1.165, 1.54) is 69.8 Å². The van der Waals surface area contributed by atoms with Crippen molar-refractivity contribution < 1.29 is 27.2 Å². The monoisotopic (exact) mass is 472 g/mol. The molecule has 1 rings (SSSR count). The van der Waals surface area contributed by atoms with E-state index < -0.39 is 10.1 Å². The van der Waals surface area contributed by atoms with Crippen LogP contribution in [0.4, 0.5) is 0 Å². The molecule has 1 N–H and O–H groups in total. The minimum Gasteiger partial charge on any atom is -0.491 e. The van der Waals surface area contributed by atoms with Gasteiger partial charge in [-0.25, -0.2) is 0 Å². The molecule has 0 aliphatic heterocycles. The van der Waals surface area contributed by atoms with Crippen molar-refractivity contribution in [1.29, 1.82) is 0 Å². The number of rotatable bonds is 22. The molecule has 0 aliphatic carbocycles. The van der Waals surface area contributed by atoms with Crippen LogP contribution in [-0.4, -0.2) is 51.8 Å². The largest absolute Gasteiger partial charge is 0.491 e. The third kappa shape index (κ3) is 18.4. The van der Waals surface area contributed by atoms with Crippen LogP contribution in [0.3, 0.4) is 0 Å². The average Bonchev–Trinajstić information content (AvgIpc) is 2.76. The van der Waals surface area contributed by atoms with Gasteiger partial charge in [0.25, 0.3) is 10.1 Å². The fourth-order valence-corrected chi connectivity index (χ4v) is 3.94. The standard InChI is InChI=1S/C25H44O6S/c1-2-3-4-5-6-7-8-9-10-11-13-24-14-16-25(17-15-24)31-22-21-30-20-19-29-18-12-23-32(26,27)28/h14-17H,2-13,18-23H2,1H3,(H,26,27,28). The van der Waals surface area contributed by atoms with E-state index in [9.17, 15) is 8.42 Å². The third-order valence-corrected chi connectivity index (χ3v) is 6.11. The predicted molar refractivity (Wildman–Crippen MR) is 130 cm³/mol. The molecule has 0 saturated heterocycles. The Balaban J connectivity index is 1.93. The molecule has 0 heterocycles. The van der Waals surface area contributed by atoms with Crippen molar-refractivity contribution in [3.05, 3.63) is 29.8 Å². The smallest absolute Gasteiger partial charge is 0.264 e. The molecule has 0 amide bonds. The molecule has 0 bridgehead atoms. The Labute approximate surface area is 195 Å². The van der Waals surface area contributed by atoms with E-state index in [4.69, 9.17) is 18.8 Å². The molecule has 0 fully saturated rings. The number of ether oxygens (including phenoxy) is 3. The van der Waals surface area contributed by atoms with Gasteiger partial charge in [-0.2, -0.15) is 8.42 Å². The first kappa shape index (κ1) is 28.9. The van der Waals surface area contributed by atoms with Crippen LogP contribution in [0.2, 0.25) is 0 Å². The number of benzene rings is 1. The van der Waals surface area contributed by atoms with E-state index in [1.54, 1.807) is 0 Å². The SMILES string of the molecule is CCCCCCCCCCCCc1ccc(OCCOCCOCCCS(=O)(=O)O)cc1. The van der Waals surface area contributed by atoms with Crippen molar-refractivity contribution in [2.75, 3.05) is 38.8 Å². The zero-order valence-corrected chi connectivity index (χ0v) is 20.8. The lowest BCUT2D eigenvalue weighted by atomic mass is 10.0. The summed E-state index contributed by atoms with van der Waals surface area (Å²) in [5, 5.41) is 0. The van der Waals surface area contributed by atoms with Gasteiger partial charge in [0, 0.05) is 6.61 Å². The maximum atomic E-state index is 10.6. The highest BCUT2D eigenvalue weighted by molar-refractivity contribution is 7.85. The molecular weight excluding hydrogens is 428 g/mol. The van der Waals surface area contributed by atoms with Crippen LogP contribution in [0.5, 0.6) is 5.75 Å². The zero-order valence-electron chi connectivity index (χ0n) is 19.9. The molecule has 32 heavy (non-hydrogen) atoms. The third-order valence-electron chi connectivity index (χ3n) is 5.30. The minimum absolute atomic E-state index is 0.275. The van der Waals surface area contributed by atoms with E-state index in [-0.39, 0.29) is 18.8 Å². The van der Waals surface area contributed by atoms with Crippen molar-refractivity contribution in [1.82, 2.24) is 0 Å². The molecule has 6 nitrogen and oxygen atoms in total. The predicted octanol–water partition coefficient (Wildman–Crippen LogP) is 5.84. The first-order valence-corrected chi connectivity index (χ1v) is 13.9. The summed E-state index contributed by atoms with van der Waals surface area (Å²) in [7, 11) is -3.90. The van der Waals surface area contributed by atoms with E-state index in [2.05, 4.69) is 19.1 Å². The second-order valence-electron chi connectivity index (χ2n) is 8.29. The van der Waals surface area contributed by atoms with Gasteiger partial charge < -0.3 is 14.2 Å². The molecule has 0 unspecified atom stereocenters. The van der Waals surface area contributed by atoms with Crippen molar-refractivity contribution in [2.45, 2.75) is 84.0 Å². The molecule has 0 aromatic heterocycles. The number of unbranched alkanes of at least 4 members (excludes halogenated alkanes) is 9. The Hall–Kier alpha value is -1.15. The summed E-state index contributed by atoms with van der Waals surface area (Å²) >= 11 is 0. The van der Waals surface area contributed by atoms with Gasteiger partial charge in [-0.3, -0.25) is 4.55 Å². The lowest BCUT2D eigenvalue weighted by Crippen LogP contribution is -2.12. The normalized spacial score (nSPS) is 11.7. The topological polar surface area (TPSA) is 82.1 Å². The van der Waals surface area contributed by atoms with Crippen LogP contribution >= 0.6 is 0 Å². The van der Waals surface area contributed by atoms with Gasteiger partial charge in [0.1, 0.15) is 12.4 Å². The molecule has 0 spiro atoms. The van der Waals surface area contributed by atoms with Crippen LogP contribution in [0, 0.1) is 0 Å². The molecule has 0 radical (unpaired) electrons. The first-order chi connectivity index (χ1) is 15.5. The molecule has 0 atom stereocenters. The van der Waals surface area contributed by atoms with Gasteiger partial charge in [-0.05, 0) is 37.0 Å². The van der Waals surface area contributed by atoms with E-state index in [0.29, 0.717) is 26.4 Å². The summed E-state index contributed by atoms with van der Waals surface area (Å²) in [6, 6.07) is 8.32. The van der Waals surface area contributed by atoms with Crippen LogP contribution in [0.1, 0.15) is 83.1 Å². The Kier molecular flexibility index (Phi) is 17.4. The second-order valence-corrected chi connectivity index (χ2v) is 9.86. The van der Waals surface area contributed by atoms with Crippen molar-refractivity contribution in [2.24, 2.45) is 0 Å². The van der Waals surface area contributed by atoms with Gasteiger partial charge >= 0.3 is 0 Å². The fourth-order valence-electron chi connectivity index (χ4n) is 3.45. The van der Waals surface area contributed by atoms with Crippen LogP contribution in [-0.2, 0) is 26.0 Å². The van der Waals surface area contributed by atoms with E-state index in [1.807, 2.05) is 12.1 Å². The zero-order chi connectivity index (χ0) is 23.3. The van der Waals surface area contributed by atoms with Crippen LogP contribution in [0.15, 0.2) is 24.3 Å². The average molecular weight is 473 g/mol. The van der Waals surface area contributed by atoms with Crippen LogP contribution in [0.25, 0.3) is 0 Å². The summed E-state index contributed by atoms with van der Waals surface area (Å²) in [5.41, 5.74) is 1.36. The molecule has 0 saturated carbocycles. The van der Waals surface area contributed by atoms with Gasteiger partial charge in [0.2, 0.25) is 0 Å². The molecule has 1 aromatic rings. The van der Waals surface area contributed by atoms with Gasteiger partial charge in [-0.1, -0.05) is 76.8 Å². The number of hydrogen-bond acceptors (Lipinski definition) is 5. The Morgan fingerprint density at radius 3 is 1.81 bits per heavy atom. The summed E-state index contributed by atoms with van der Waals surface area (Å²) in [6.07, 6.45) is 15.0. The Morgan fingerprint density at radius 1 is 0.688 bits per heavy atom. The van der Waals surface area contributed by atoms with Gasteiger partial charge in [-0.15, -0.1) is 0 Å². The molecule has 186 valence electrons. The van der Waals surface area contributed by atoms with E-state index >= 15 is 0 Å². The molecule has 0 aliphatic rings. The summed E-state index contributed by atoms with van der Waals surface area (Å²) < 4.78 is 46.1. The summed E-state index contributed by atoms with van der Waals surface area (Å²) in [6.45, 7) is 4.30. The second kappa shape index (κ2) is 19.3. The lowest BCUT2D eigenvalue weighted by Gasteiger charge is -2.09. The summed E-state index contributed by atoms with van der Waals surface area (Å²) in [5.74, 6) is 0.571.